The third-order valence-electron chi connectivity index (χ3n) is 2.98. The highest BCUT2D eigenvalue weighted by Gasteiger charge is 2.42. The monoisotopic (exact) mass is 298 g/mol. The third-order valence-corrected chi connectivity index (χ3v) is 2.98. The largest absolute Gasteiger partial charge is 0.479 e. The Bertz CT molecular complexity index is 393. The molecule has 1 amide bonds. The number of rotatable bonds is 9. The fourth-order valence-electron chi connectivity index (χ4n) is 1.79. The van der Waals surface area contributed by atoms with E-state index in [2.05, 4.69) is 6.58 Å². The predicted molar refractivity (Wildman–Crippen MR) is 82.0 cm³/mol. The zero-order chi connectivity index (χ0) is 16.5. The van der Waals surface area contributed by atoms with Gasteiger partial charge in [-0.15, -0.1) is 0 Å². The first-order chi connectivity index (χ1) is 9.85. The molecule has 0 aromatic carbocycles. The smallest absolute Gasteiger partial charge is 0.411 e. The molecule has 0 aromatic heterocycles. The van der Waals surface area contributed by atoms with Crippen molar-refractivity contribution in [3.8, 4) is 0 Å². The highest BCUT2D eigenvalue weighted by Crippen LogP contribution is 2.22. The average molecular weight is 298 g/mol. The van der Waals surface area contributed by atoms with Crippen molar-refractivity contribution in [2.45, 2.75) is 45.2 Å². The Labute approximate surface area is 126 Å². The average Bonchev–Trinajstić information content (AvgIpc) is 2.42. The van der Waals surface area contributed by atoms with E-state index >= 15 is 0 Å². The summed E-state index contributed by atoms with van der Waals surface area (Å²) >= 11 is 0. The molecule has 0 aliphatic rings. The third kappa shape index (κ3) is 5.23. The summed E-state index contributed by atoms with van der Waals surface area (Å²) < 4.78 is 4.98. The fourth-order valence-corrected chi connectivity index (χ4v) is 1.79. The Balaban J connectivity index is 5.69. The Morgan fingerprint density at radius 1 is 1.48 bits per heavy atom. The molecule has 0 fully saturated rings. The number of ether oxygens (including phenoxy) is 1. The Hall–Kier alpha value is -1.82. The molecule has 2 atom stereocenters. The molecule has 6 heteroatoms. The molecule has 0 aliphatic heterocycles. The number of amides is 1. The van der Waals surface area contributed by atoms with Gasteiger partial charge in [0.2, 0.25) is 0 Å². The molecule has 0 heterocycles. The molecule has 0 bridgehead atoms. The van der Waals surface area contributed by atoms with Gasteiger partial charge in [0, 0.05) is 12.6 Å². The van der Waals surface area contributed by atoms with Crippen LogP contribution >= 0.6 is 0 Å². The first-order valence-electron chi connectivity index (χ1n) is 7.12. The molecule has 3 N–H and O–H groups in total. The van der Waals surface area contributed by atoms with Gasteiger partial charge in [0.05, 0.1) is 6.61 Å². The van der Waals surface area contributed by atoms with Crippen molar-refractivity contribution in [3.63, 3.8) is 0 Å². The Morgan fingerprint density at radius 2 is 2.10 bits per heavy atom. The molecule has 0 rings (SSSR count). The minimum absolute atomic E-state index is 0.172. The summed E-state index contributed by atoms with van der Waals surface area (Å²) in [7, 11) is 0. The van der Waals surface area contributed by atoms with Crippen molar-refractivity contribution in [2.75, 3.05) is 13.2 Å². The summed E-state index contributed by atoms with van der Waals surface area (Å²) in [5.41, 5.74) is 3.98. The van der Waals surface area contributed by atoms with Gasteiger partial charge in [-0.3, -0.25) is 4.90 Å². The van der Waals surface area contributed by atoms with Crippen LogP contribution in [0.3, 0.4) is 0 Å². The molecule has 0 aliphatic carbocycles. The second-order valence-corrected chi connectivity index (χ2v) is 4.76. The Kier molecular flexibility index (Phi) is 8.38. The maximum absolute atomic E-state index is 12.1. The minimum atomic E-state index is -1.66. The summed E-state index contributed by atoms with van der Waals surface area (Å²) in [5.74, 6) is -1.20. The SMILES string of the molecule is C=CC(C=CC(C)N)(C(=O)O)N(CCCC)C(=O)OCC. The van der Waals surface area contributed by atoms with Crippen LogP contribution in [0.1, 0.15) is 33.6 Å². The lowest BCUT2D eigenvalue weighted by molar-refractivity contribution is -0.144. The van der Waals surface area contributed by atoms with E-state index in [-0.39, 0.29) is 19.2 Å². The van der Waals surface area contributed by atoms with Gasteiger partial charge < -0.3 is 15.6 Å². The summed E-state index contributed by atoms with van der Waals surface area (Å²) in [4.78, 5) is 25.1. The second kappa shape index (κ2) is 9.18. The van der Waals surface area contributed by atoms with Gasteiger partial charge in [0.1, 0.15) is 0 Å². The van der Waals surface area contributed by atoms with Crippen LogP contribution in [0.2, 0.25) is 0 Å². The second-order valence-electron chi connectivity index (χ2n) is 4.76. The van der Waals surface area contributed by atoms with Gasteiger partial charge in [-0.1, -0.05) is 32.1 Å². The maximum Gasteiger partial charge on any atom is 0.411 e. The van der Waals surface area contributed by atoms with Gasteiger partial charge in [-0.05, 0) is 26.3 Å². The molecule has 2 unspecified atom stereocenters. The number of carbonyl (C=O) groups is 2. The number of aliphatic carboxylic acids is 1. The molecule has 0 saturated heterocycles. The topological polar surface area (TPSA) is 92.9 Å². The molecular formula is C15H26N2O4. The van der Waals surface area contributed by atoms with E-state index in [0.29, 0.717) is 6.42 Å². The molecule has 0 spiro atoms. The van der Waals surface area contributed by atoms with E-state index in [9.17, 15) is 14.7 Å². The van der Waals surface area contributed by atoms with Crippen molar-refractivity contribution in [1.82, 2.24) is 4.90 Å². The van der Waals surface area contributed by atoms with Gasteiger partial charge in [0.25, 0.3) is 0 Å². The molecule has 6 nitrogen and oxygen atoms in total. The van der Waals surface area contributed by atoms with Crippen LogP contribution in [0.15, 0.2) is 24.8 Å². The highest BCUT2D eigenvalue weighted by atomic mass is 16.6. The molecule has 0 aromatic rings. The van der Waals surface area contributed by atoms with E-state index in [0.717, 1.165) is 6.42 Å². The van der Waals surface area contributed by atoms with Crippen LogP contribution in [0.25, 0.3) is 0 Å². The van der Waals surface area contributed by atoms with Crippen LogP contribution in [0, 0.1) is 0 Å². The van der Waals surface area contributed by atoms with Gasteiger partial charge in [-0.25, -0.2) is 9.59 Å². The molecule has 120 valence electrons. The van der Waals surface area contributed by atoms with Crippen molar-refractivity contribution >= 4 is 12.1 Å². The zero-order valence-corrected chi connectivity index (χ0v) is 13.0. The Morgan fingerprint density at radius 3 is 2.48 bits per heavy atom. The number of carboxylic acid groups (broad SMARTS) is 1. The molecular weight excluding hydrogens is 272 g/mol. The van der Waals surface area contributed by atoms with Gasteiger partial charge in [-0.2, -0.15) is 0 Å². The number of hydrogen-bond donors (Lipinski definition) is 2. The number of unbranched alkanes of at least 4 members (excludes halogenated alkanes) is 1. The highest BCUT2D eigenvalue weighted by molar-refractivity contribution is 5.89. The van der Waals surface area contributed by atoms with Crippen molar-refractivity contribution in [1.29, 1.82) is 0 Å². The van der Waals surface area contributed by atoms with Crippen LogP contribution in [0.5, 0.6) is 0 Å². The standard InChI is InChI=1S/C15H26N2O4/c1-5-8-11-17(14(20)21-7-3)15(6-2,13(18)19)10-9-12(4)16/h6,9-10,12H,2,5,7-8,11,16H2,1,3-4H3,(H,18,19). The van der Waals surface area contributed by atoms with Gasteiger partial charge in [0.15, 0.2) is 5.54 Å². The number of nitrogens with two attached hydrogens (primary N) is 1. The van der Waals surface area contributed by atoms with Crippen molar-refractivity contribution < 1.29 is 19.4 Å². The summed E-state index contributed by atoms with van der Waals surface area (Å²) in [6.07, 6.45) is 4.95. The fraction of sp³-hybridized carbons (Fsp3) is 0.600. The van der Waals surface area contributed by atoms with Crippen LogP contribution in [0.4, 0.5) is 4.79 Å². The van der Waals surface area contributed by atoms with E-state index in [1.54, 1.807) is 13.8 Å². The van der Waals surface area contributed by atoms with Crippen LogP contribution in [-0.4, -0.2) is 46.8 Å². The zero-order valence-electron chi connectivity index (χ0n) is 13.0. The lowest BCUT2D eigenvalue weighted by Gasteiger charge is -2.35. The number of hydrogen-bond acceptors (Lipinski definition) is 4. The molecule has 21 heavy (non-hydrogen) atoms. The first kappa shape index (κ1) is 19.2. The van der Waals surface area contributed by atoms with Crippen molar-refractivity contribution in [3.05, 3.63) is 24.8 Å². The summed E-state index contributed by atoms with van der Waals surface area (Å²) in [6.45, 7) is 9.36. The van der Waals surface area contributed by atoms with Crippen LogP contribution in [-0.2, 0) is 9.53 Å². The van der Waals surface area contributed by atoms with Gasteiger partial charge >= 0.3 is 12.1 Å². The summed E-state index contributed by atoms with van der Waals surface area (Å²) in [6, 6.07) is -0.334. The molecule has 0 radical (unpaired) electrons. The van der Waals surface area contributed by atoms with E-state index < -0.39 is 17.6 Å². The van der Waals surface area contributed by atoms with Crippen molar-refractivity contribution in [2.24, 2.45) is 5.73 Å². The minimum Gasteiger partial charge on any atom is -0.479 e. The lowest BCUT2D eigenvalue weighted by Crippen LogP contribution is -2.55. The number of nitrogens with zero attached hydrogens (tertiary/aromatic N) is 1. The van der Waals surface area contributed by atoms with E-state index in [4.69, 9.17) is 10.5 Å². The molecule has 0 saturated carbocycles. The number of carbonyl (C=O) groups excluding carboxylic acids is 1. The number of carboxylic acids is 1. The predicted octanol–water partition coefficient (Wildman–Crippen LogP) is 2.16. The normalized spacial score (nSPS) is 15.2. The first-order valence-corrected chi connectivity index (χ1v) is 7.12. The summed E-state index contributed by atoms with van der Waals surface area (Å²) in [5, 5.41) is 9.61. The maximum atomic E-state index is 12.1. The lowest BCUT2D eigenvalue weighted by atomic mass is 9.95. The quantitative estimate of drug-likeness (QED) is 0.636. The van der Waals surface area contributed by atoms with Crippen LogP contribution < -0.4 is 5.73 Å². The van der Waals surface area contributed by atoms with E-state index in [1.165, 1.54) is 23.1 Å². The van der Waals surface area contributed by atoms with E-state index in [1.807, 2.05) is 6.92 Å².